The van der Waals surface area contributed by atoms with Crippen LogP contribution in [0.25, 0.3) is 0 Å². The minimum absolute atomic E-state index is 0.515. The zero-order valence-corrected chi connectivity index (χ0v) is 17.3. The third-order valence-electron chi connectivity index (χ3n) is 4.01. The van der Waals surface area contributed by atoms with Crippen molar-refractivity contribution < 1.29 is 4.79 Å². The zero-order valence-electron chi connectivity index (χ0n) is 13.6. The van der Waals surface area contributed by atoms with Crippen LogP contribution in [0, 0.1) is 0 Å². The van der Waals surface area contributed by atoms with E-state index in [1.54, 1.807) is 11.8 Å². The van der Waals surface area contributed by atoms with Crippen LogP contribution in [0.1, 0.15) is 66.2 Å². The summed E-state index contributed by atoms with van der Waals surface area (Å²) in [4.78, 5) is 12.2. The van der Waals surface area contributed by atoms with Crippen LogP contribution in [0.2, 0.25) is 17.7 Å². The van der Waals surface area contributed by atoms with Crippen LogP contribution in [0.4, 0.5) is 0 Å². The van der Waals surface area contributed by atoms with Gasteiger partial charge < -0.3 is 0 Å². The fraction of sp³-hybridized carbons (Fsp3) is 0.938. The molecule has 114 valence electrons. The van der Waals surface area contributed by atoms with Crippen molar-refractivity contribution in [3.05, 3.63) is 0 Å². The van der Waals surface area contributed by atoms with Gasteiger partial charge >= 0.3 is 130 Å². The fourth-order valence-electron chi connectivity index (χ4n) is 2.81. The maximum absolute atomic E-state index is 12.2. The number of rotatable bonds is 12. The fourth-order valence-corrected chi connectivity index (χ4v) is 21.0. The molecule has 0 saturated heterocycles. The molecule has 0 unspecified atom stereocenters. The summed E-state index contributed by atoms with van der Waals surface area (Å²) in [6.07, 6.45) is 8.00. The zero-order chi connectivity index (χ0) is 14.6. The molecule has 0 rings (SSSR count). The van der Waals surface area contributed by atoms with Gasteiger partial charge in [-0.2, -0.15) is 0 Å². The summed E-state index contributed by atoms with van der Waals surface area (Å²) in [5.41, 5.74) is 0. The van der Waals surface area contributed by atoms with Gasteiger partial charge in [0, 0.05) is 0 Å². The number of carbonyl (C=O) groups excluding carboxylic acids is 1. The van der Waals surface area contributed by atoms with Crippen LogP contribution in [0.15, 0.2) is 0 Å². The third kappa shape index (κ3) is 9.38. The third-order valence-corrected chi connectivity index (χ3v) is 20.7. The SMILES string of the molecule is CCC[CH2][Sn]([CH2]CCC)([CH2]CCC)[CH2]C(=O)SCC. The van der Waals surface area contributed by atoms with Crippen LogP contribution in [-0.4, -0.2) is 29.2 Å². The summed E-state index contributed by atoms with van der Waals surface area (Å²) in [6.45, 7) is 8.97. The molecule has 0 aliphatic carbocycles. The van der Waals surface area contributed by atoms with Gasteiger partial charge in [-0.1, -0.05) is 0 Å². The van der Waals surface area contributed by atoms with Gasteiger partial charge in [0.25, 0.3) is 0 Å². The van der Waals surface area contributed by atoms with E-state index in [4.69, 9.17) is 0 Å². The molecule has 0 atom stereocenters. The molecule has 0 aromatic rings. The van der Waals surface area contributed by atoms with Gasteiger partial charge in [-0.15, -0.1) is 0 Å². The summed E-state index contributed by atoms with van der Waals surface area (Å²) in [5.74, 6) is 0.954. The first-order chi connectivity index (χ1) is 9.14. The van der Waals surface area contributed by atoms with E-state index < -0.39 is 18.4 Å². The summed E-state index contributed by atoms with van der Waals surface area (Å²) >= 11 is -0.595. The average Bonchev–Trinajstić information content (AvgIpc) is 2.40. The first-order valence-electron chi connectivity index (χ1n) is 8.29. The first kappa shape index (κ1) is 19.8. The summed E-state index contributed by atoms with van der Waals surface area (Å²) in [7, 11) is 0. The monoisotopic (exact) mass is 394 g/mol. The molecule has 0 aromatic heterocycles. The Balaban J connectivity index is 4.70. The molecule has 0 bridgehead atoms. The maximum atomic E-state index is 12.2. The van der Waals surface area contributed by atoms with Crippen molar-refractivity contribution in [1.82, 2.24) is 0 Å². The van der Waals surface area contributed by atoms with Crippen molar-refractivity contribution in [3.63, 3.8) is 0 Å². The van der Waals surface area contributed by atoms with E-state index >= 15 is 0 Å². The molecule has 0 aromatic carbocycles. The van der Waals surface area contributed by atoms with Crippen LogP contribution in [0.5, 0.6) is 0 Å². The molecule has 0 fully saturated rings. The Morgan fingerprint density at radius 2 is 1.26 bits per heavy atom. The van der Waals surface area contributed by atoms with Gasteiger partial charge in [-0.05, 0) is 0 Å². The number of carbonyl (C=O) groups is 1. The van der Waals surface area contributed by atoms with Gasteiger partial charge in [0.05, 0.1) is 0 Å². The summed E-state index contributed by atoms with van der Waals surface area (Å²) < 4.78 is 5.40. The molecular formula is C16H34OSSn. The average molecular weight is 393 g/mol. The predicted molar refractivity (Wildman–Crippen MR) is 92.8 cm³/mol. The van der Waals surface area contributed by atoms with Crippen molar-refractivity contribution in [2.75, 3.05) is 5.75 Å². The van der Waals surface area contributed by atoms with Gasteiger partial charge in [0.1, 0.15) is 0 Å². The molecule has 0 spiro atoms. The van der Waals surface area contributed by atoms with E-state index in [1.165, 1.54) is 51.8 Å². The molecule has 0 saturated carbocycles. The van der Waals surface area contributed by atoms with E-state index in [-0.39, 0.29) is 0 Å². The van der Waals surface area contributed by atoms with Crippen LogP contribution >= 0.6 is 11.8 Å². The standard InChI is InChI=1S/C4H7OS.3C4H9.Sn/c1-3-6-4(2)5;3*1-3-4-2;/h2-3H2,1H3;3*1,3-4H2,2H3;. The second kappa shape index (κ2) is 12.6. The van der Waals surface area contributed by atoms with Gasteiger partial charge in [0.15, 0.2) is 0 Å². The van der Waals surface area contributed by atoms with Gasteiger partial charge in [-0.3, -0.25) is 0 Å². The Bertz CT molecular complexity index is 209. The van der Waals surface area contributed by atoms with Crippen molar-refractivity contribution in [3.8, 4) is 0 Å². The van der Waals surface area contributed by atoms with Gasteiger partial charge in [0.2, 0.25) is 0 Å². The normalized spacial score (nSPS) is 11.8. The molecule has 1 nitrogen and oxygen atoms in total. The van der Waals surface area contributed by atoms with Gasteiger partial charge in [-0.25, -0.2) is 0 Å². The molecule has 0 heterocycles. The number of hydrogen-bond donors (Lipinski definition) is 0. The Morgan fingerprint density at radius 3 is 1.58 bits per heavy atom. The van der Waals surface area contributed by atoms with Crippen molar-refractivity contribution in [2.45, 2.75) is 84.0 Å². The van der Waals surface area contributed by atoms with Crippen LogP contribution < -0.4 is 0 Å². The van der Waals surface area contributed by atoms with E-state index in [1.807, 2.05) is 0 Å². The molecule has 0 radical (unpaired) electrons. The van der Waals surface area contributed by atoms with E-state index in [2.05, 4.69) is 27.7 Å². The Kier molecular flexibility index (Phi) is 13.1. The summed E-state index contributed by atoms with van der Waals surface area (Å²) in [5, 5.41) is 0.515. The molecule has 0 aliphatic rings. The summed E-state index contributed by atoms with van der Waals surface area (Å²) in [6, 6.07) is 0. The second-order valence-corrected chi connectivity index (χ2v) is 21.0. The second-order valence-electron chi connectivity index (χ2n) is 5.79. The van der Waals surface area contributed by atoms with Crippen molar-refractivity contribution in [1.29, 1.82) is 0 Å². The van der Waals surface area contributed by atoms with Crippen LogP contribution in [-0.2, 0) is 4.79 Å². The topological polar surface area (TPSA) is 17.1 Å². The first-order valence-corrected chi connectivity index (χ1v) is 17.4. The van der Waals surface area contributed by atoms with Crippen molar-refractivity contribution in [2.24, 2.45) is 0 Å². The Labute approximate surface area is 129 Å². The Hall–Kier alpha value is 0.819. The van der Waals surface area contributed by atoms with Crippen LogP contribution in [0.3, 0.4) is 0 Å². The predicted octanol–water partition coefficient (Wildman–Crippen LogP) is 6.12. The number of unbranched alkanes of at least 4 members (excludes halogenated alkanes) is 3. The molecule has 0 N–H and O–H groups in total. The number of thioether (sulfide) groups is 1. The van der Waals surface area contributed by atoms with E-state index in [0.717, 1.165) is 10.2 Å². The Morgan fingerprint density at radius 1 is 0.842 bits per heavy atom. The molecule has 3 heteroatoms. The molecular weight excluding hydrogens is 359 g/mol. The van der Waals surface area contributed by atoms with E-state index in [9.17, 15) is 4.79 Å². The minimum atomic E-state index is -2.17. The molecule has 0 aliphatic heterocycles. The number of hydrogen-bond acceptors (Lipinski definition) is 2. The van der Waals surface area contributed by atoms with E-state index in [0.29, 0.717) is 5.12 Å². The molecule has 19 heavy (non-hydrogen) atoms. The van der Waals surface area contributed by atoms with Crippen molar-refractivity contribution >= 4 is 35.3 Å². The molecule has 0 amide bonds. The quantitative estimate of drug-likeness (QED) is 0.372.